The minimum absolute atomic E-state index is 0.125. The van der Waals surface area contributed by atoms with Gasteiger partial charge >= 0.3 is 6.03 Å². The molecule has 2 aliphatic rings. The molecule has 2 aromatic carbocycles. The molecule has 4 nitrogen and oxygen atoms in total. The summed E-state index contributed by atoms with van der Waals surface area (Å²) in [5.74, 6) is -0.112. The van der Waals surface area contributed by atoms with Crippen LogP contribution < -0.4 is 10.2 Å². The van der Waals surface area contributed by atoms with E-state index in [0.717, 1.165) is 25.2 Å². The number of nitrogens with one attached hydrogen (secondary N) is 1. The average molecular weight is 339 g/mol. The Morgan fingerprint density at radius 1 is 1.24 bits per heavy atom. The number of aryl methyl sites for hydroxylation is 1. The van der Waals surface area contributed by atoms with Crippen molar-refractivity contribution in [1.82, 2.24) is 4.90 Å². The molecule has 0 unspecified atom stereocenters. The predicted molar refractivity (Wildman–Crippen MR) is 97.7 cm³/mol. The van der Waals surface area contributed by atoms with E-state index in [9.17, 15) is 9.18 Å². The summed E-state index contributed by atoms with van der Waals surface area (Å²) in [4.78, 5) is 17.1. The standard InChI is InChI=1S/C20H22FN3O/c1-13-7-8-18-14(11-13)15-12-23(2)10-9-19(15)24(18)20(25)22-17-6-4-3-5-16(17)21/h3-8,11,15,19H,9-10,12H2,1-2H3,(H,22,25)/t15-,19+/m0/s1. The first-order valence-corrected chi connectivity index (χ1v) is 8.68. The maximum atomic E-state index is 13.9. The van der Waals surface area contributed by atoms with Crippen LogP contribution in [0.1, 0.15) is 23.5 Å². The molecule has 2 heterocycles. The Hall–Kier alpha value is -2.40. The first-order chi connectivity index (χ1) is 12.0. The first-order valence-electron chi connectivity index (χ1n) is 8.68. The van der Waals surface area contributed by atoms with Gasteiger partial charge in [-0.15, -0.1) is 0 Å². The number of carbonyl (C=O) groups excluding carboxylic acids is 1. The van der Waals surface area contributed by atoms with E-state index in [0.29, 0.717) is 5.92 Å². The Morgan fingerprint density at radius 3 is 2.84 bits per heavy atom. The summed E-state index contributed by atoms with van der Waals surface area (Å²) in [6.07, 6.45) is 0.916. The minimum Gasteiger partial charge on any atom is -0.306 e. The van der Waals surface area contributed by atoms with Gasteiger partial charge in [0.15, 0.2) is 0 Å². The molecule has 1 N–H and O–H groups in total. The highest BCUT2D eigenvalue weighted by Crippen LogP contribution is 2.45. The summed E-state index contributed by atoms with van der Waals surface area (Å²) in [6.45, 7) is 3.96. The van der Waals surface area contributed by atoms with Crippen LogP contribution in [-0.4, -0.2) is 37.1 Å². The van der Waals surface area contributed by atoms with Crippen LogP contribution in [-0.2, 0) is 0 Å². The highest BCUT2D eigenvalue weighted by Gasteiger charge is 2.44. The van der Waals surface area contributed by atoms with E-state index >= 15 is 0 Å². The number of piperidine rings is 1. The van der Waals surface area contributed by atoms with Crippen LogP contribution in [0, 0.1) is 12.7 Å². The van der Waals surface area contributed by atoms with Crippen molar-refractivity contribution in [3.05, 3.63) is 59.4 Å². The fourth-order valence-corrected chi connectivity index (χ4v) is 4.08. The number of para-hydroxylation sites is 1. The van der Waals surface area contributed by atoms with Gasteiger partial charge in [-0.3, -0.25) is 4.90 Å². The Bertz CT molecular complexity index is 822. The number of benzene rings is 2. The van der Waals surface area contributed by atoms with Crippen molar-refractivity contribution in [1.29, 1.82) is 0 Å². The summed E-state index contributed by atoms with van der Waals surface area (Å²) in [7, 11) is 2.12. The molecular weight excluding hydrogens is 317 g/mol. The molecule has 5 heteroatoms. The molecule has 2 aliphatic heterocycles. The second-order valence-corrected chi connectivity index (χ2v) is 7.07. The molecule has 2 atom stereocenters. The average Bonchev–Trinajstić information content (AvgIpc) is 2.90. The topological polar surface area (TPSA) is 35.6 Å². The van der Waals surface area contributed by atoms with E-state index in [1.165, 1.54) is 17.2 Å². The number of hydrogen-bond donors (Lipinski definition) is 1. The molecule has 0 aromatic heterocycles. The summed E-state index contributed by atoms with van der Waals surface area (Å²) in [5, 5.41) is 2.75. The van der Waals surface area contributed by atoms with Crippen LogP contribution in [0.25, 0.3) is 0 Å². The van der Waals surface area contributed by atoms with Crippen molar-refractivity contribution in [2.75, 3.05) is 30.4 Å². The zero-order chi connectivity index (χ0) is 17.6. The molecule has 0 spiro atoms. The third-order valence-electron chi connectivity index (χ3n) is 5.29. The Balaban J connectivity index is 1.69. The molecule has 0 radical (unpaired) electrons. The van der Waals surface area contributed by atoms with Gasteiger partial charge in [0.25, 0.3) is 0 Å². The van der Waals surface area contributed by atoms with Gasteiger partial charge < -0.3 is 10.2 Å². The molecule has 25 heavy (non-hydrogen) atoms. The Kier molecular flexibility index (Phi) is 3.96. The SMILES string of the molecule is Cc1ccc2c(c1)[C@@H]1CN(C)CC[C@H]1N2C(=O)Nc1ccccc1F. The zero-order valence-corrected chi connectivity index (χ0v) is 14.5. The summed E-state index contributed by atoms with van der Waals surface area (Å²) in [5.41, 5.74) is 3.59. The van der Waals surface area contributed by atoms with Gasteiger partial charge in [0.1, 0.15) is 5.82 Å². The van der Waals surface area contributed by atoms with Gasteiger partial charge in [-0.1, -0.05) is 29.8 Å². The summed E-state index contributed by atoms with van der Waals surface area (Å²) >= 11 is 0. The molecule has 0 bridgehead atoms. The number of rotatable bonds is 1. The number of hydrogen-bond acceptors (Lipinski definition) is 2. The lowest BCUT2D eigenvalue weighted by atomic mass is 9.89. The second kappa shape index (κ2) is 6.15. The van der Waals surface area contributed by atoms with E-state index in [2.05, 4.69) is 30.3 Å². The number of halogens is 1. The number of amides is 2. The number of likely N-dealkylation sites (tertiary alicyclic amines) is 1. The van der Waals surface area contributed by atoms with Crippen molar-refractivity contribution in [3.63, 3.8) is 0 Å². The molecule has 130 valence electrons. The maximum Gasteiger partial charge on any atom is 0.326 e. The highest BCUT2D eigenvalue weighted by molar-refractivity contribution is 6.04. The fourth-order valence-electron chi connectivity index (χ4n) is 4.08. The smallest absolute Gasteiger partial charge is 0.306 e. The van der Waals surface area contributed by atoms with E-state index in [1.54, 1.807) is 18.2 Å². The van der Waals surface area contributed by atoms with Gasteiger partial charge in [-0.05, 0) is 50.7 Å². The first kappa shape index (κ1) is 16.1. The van der Waals surface area contributed by atoms with Crippen LogP contribution in [0.4, 0.5) is 20.6 Å². The number of urea groups is 1. The molecule has 1 saturated heterocycles. The van der Waals surface area contributed by atoms with Crippen molar-refractivity contribution in [2.45, 2.75) is 25.3 Å². The third kappa shape index (κ3) is 2.78. The lowest BCUT2D eigenvalue weighted by Crippen LogP contribution is -2.48. The third-order valence-corrected chi connectivity index (χ3v) is 5.29. The molecular formula is C20H22FN3O. The number of carbonyl (C=O) groups is 1. The van der Waals surface area contributed by atoms with Crippen molar-refractivity contribution in [3.8, 4) is 0 Å². The van der Waals surface area contributed by atoms with Crippen LogP contribution in [0.5, 0.6) is 0 Å². The van der Waals surface area contributed by atoms with Crippen LogP contribution in [0.3, 0.4) is 0 Å². The van der Waals surface area contributed by atoms with Gasteiger partial charge in [0, 0.05) is 24.2 Å². The monoisotopic (exact) mass is 339 g/mol. The van der Waals surface area contributed by atoms with Gasteiger partial charge in [-0.25, -0.2) is 9.18 Å². The minimum atomic E-state index is -0.417. The Morgan fingerprint density at radius 2 is 2.04 bits per heavy atom. The highest BCUT2D eigenvalue weighted by atomic mass is 19.1. The van der Waals surface area contributed by atoms with Crippen molar-refractivity contribution >= 4 is 17.4 Å². The lowest BCUT2D eigenvalue weighted by Gasteiger charge is -2.36. The molecule has 2 amide bonds. The fraction of sp³-hybridized carbons (Fsp3) is 0.350. The summed E-state index contributed by atoms with van der Waals surface area (Å²) in [6, 6.07) is 12.4. The van der Waals surface area contributed by atoms with Crippen LogP contribution in [0.2, 0.25) is 0 Å². The second-order valence-electron chi connectivity index (χ2n) is 7.07. The van der Waals surface area contributed by atoms with E-state index in [-0.39, 0.29) is 17.8 Å². The zero-order valence-electron chi connectivity index (χ0n) is 14.5. The van der Waals surface area contributed by atoms with Gasteiger partial charge in [0.2, 0.25) is 0 Å². The van der Waals surface area contributed by atoms with E-state index in [4.69, 9.17) is 0 Å². The van der Waals surface area contributed by atoms with Crippen molar-refractivity contribution < 1.29 is 9.18 Å². The molecule has 0 aliphatic carbocycles. The molecule has 4 rings (SSSR count). The van der Waals surface area contributed by atoms with E-state index in [1.807, 2.05) is 17.0 Å². The van der Waals surface area contributed by atoms with Crippen LogP contribution >= 0.6 is 0 Å². The van der Waals surface area contributed by atoms with Gasteiger partial charge in [-0.2, -0.15) is 0 Å². The van der Waals surface area contributed by atoms with Crippen LogP contribution in [0.15, 0.2) is 42.5 Å². The Labute approximate surface area is 147 Å². The molecule has 0 saturated carbocycles. The normalized spacial score (nSPS) is 22.4. The number of likely N-dealkylation sites (N-methyl/N-ethyl adjacent to an activating group) is 1. The van der Waals surface area contributed by atoms with Gasteiger partial charge in [0.05, 0.1) is 5.69 Å². The van der Waals surface area contributed by atoms with E-state index < -0.39 is 5.82 Å². The van der Waals surface area contributed by atoms with Crippen molar-refractivity contribution in [2.24, 2.45) is 0 Å². The number of fused-ring (bicyclic) bond motifs is 3. The quantitative estimate of drug-likeness (QED) is 0.853. The number of nitrogens with zero attached hydrogens (tertiary/aromatic N) is 2. The molecule has 2 aromatic rings. The predicted octanol–water partition coefficient (Wildman–Crippen LogP) is 3.97. The maximum absolute atomic E-state index is 13.9. The molecule has 1 fully saturated rings. The largest absolute Gasteiger partial charge is 0.326 e. The summed E-state index contributed by atoms with van der Waals surface area (Å²) < 4.78 is 13.9. The number of anilines is 2. The lowest BCUT2D eigenvalue weighted by molar-refractivity contribution is 0.224.